The minimum Gasteiger partial charge on any atom is -0.467 e. The molecular formula is C21H20N2O5S. The SMILES string of the molecule is CCC(C(=O)OC)n1c(=NC(=O)c2ccccc2C(=O)OC)sc2ccccc21. The number of rotatable bonds is 5. The number of carbonyl (C=O) groups is 3. The zero-order valence-electron chi connectivity index (χ0n) is 16.2. The number of para-hydroxylation sites is 1. The molecule has 1 aromatic heterocycles. The number of esters is 2. The summed E-state index contributed by atoms with van der Waals surface area (Å²) in [6.45, 7) is 1.86. The Morgan fingerprint density at radius 1 is 1.00 bits per heavy atom. The number of thiazole rings is 1. The molecule has 7 nitrogen and oxygen atoms in total. The summed E-state index contributed by atoms with van der Waals surface area (Å²) in [5.41, 5.74) is 1.05. The van der Waals surface area contributed by atoms with Gasteiger partial charge in [-0.2, -0.15) is 4.99 Å². The van der Waals surface area contributed by atoms with Gasteiger partial charge in [0, 0.05) is 0 Å². The number of fused-ring (bicyclic) bond motifs is 1. The van der Waals surface area contributed by atoms with E-state index in [2.05, 4.69) is 4.99 Å². The molecule has 1 amide bonds. The standard InChI is InChI=1S/C21H20N2O5S/c1-4-15(20(26)28-3)23-16-11-7-8-12-17(16)29-21(23)22-18(24)13-9-5-6-10-14(13)19(25)27-2/h5-12,15H,4H2,1-3H3. The van der Waals surface area contributed by atoms with Crippen molar-refractivity contribution in [3.8, 4) is 0 Å². The van der Waals surface area contributed by atoms with E-state index in [1.807, 2.05) is 31.2 Å². The highest BCUT2D eigenvalue weighted by Crippen LogP contribution is 2.23. The molecule has 1 heterocycles. The first-order chi connectivity index (χ1) is 14.0. The Hall–Kier alpha value is -3.26. The lowest BCUT2D eigenvalue weighted by molar-refractivity contribution is -0.144. The summed E-state index contributed by atoms with van der Waals surface area (Å²) in [5, 5.41) is 0. The largest absolute Gasteiger partial charge is 0.467 e. The van der Waals surface area contributed by atoms with Crippen molar-refractivity contribution in [3.05, 3.63) is 64.5 Å². The zero-order chi connectivity index (χ0) is 21.0. The number of amides is 1. The molecule has 8 heteroatoms. The molecule has 0 aliphatic rings. The van der Waals surface area contributed by atoms with Crippen molar-refractivity contribution in [1.29, 1.82) is 0 Å². The normalized spacial score (nSPS) is 12.6. The molecule has 0 aliphatic heterocycles. The number of benzene rings is 2. The summed E-state index contributed by atoms with van der Waals surface area (Å²) in [5.74, 6) is -1.62. The highest BCUT2D eigenvalue weighted by molar-refractivity contribution is 7.16. The van der Waals surface area contributed by atoms with Gasteiger partial charge in [0.2, 0.25) is 0 Å². The van der Waals surface area contributed by atoms with Gasteiger partial charge in [0.15, 0.2) is 4.80 Å². The summed E-state index contributed by atoms with van der Waals surface area (Å²) in [6.07, 6.45) is 0.466. The molecule has 0 radical (unpaired) electrons. The van der Waals surface area contributed by atoms with Crippen molar-refractivity contribution in [2.45, 2.75) is 19.4 Å². The van der Waals surface area contributed by atoms with Gasteiger partial charge in [-0.15, -0.1) is 0 Å². The monoisotopic (exact) mass is 412 g/mol. The summed E-state index contributed by atoms with van der Waals surface area (Å²) in [7, 11) is 2.58. The van der Waals surface area contributed by atoms with Crippen LogP contribution in [0.25, 0.3) is 10.2 Å². The third-order valence-electron chi connectivity index (χ3n) is 4.46. The van der Waals surface area contributed by atoms with E-state index in [0.29, 0.717) is 11.2 Å². The Labute approximate surface area is 171 Å². The van der Waals surface area contributed by atoms with Crippen molar-refractivity contribution in [3.63, 3.8) is 0 Å². The number of hydrogen-bond donors (Lipinski definition) is 0. The Morgan fingerprint density at radius 3 is 2.31 bits per heavy atom. The summed E-state index contributed by atoms with van der Waals surface area (Å²) in [4.78, 5) is 41.9. The van der Waals surface area contributed by atoms with Crippen LogP contribution in [0.5, 0.6) is 0 Å². The smallest absolute Gasteiger partial charge is 0.338 e. The lowest BCUT2D eigenvalue weighted by Crippen LogP contribution is -2.28. The molecule has 0 N–H and O–H groups in total. The van der Waals surface area contributed by atoms with Crippen LogP contribution in [0.1, 0.15) is 40.1 Å². The first-order valence-electron chi connectivity index (χ1n) is 8.96. The molecule has 3 rings (SSSR count). The third-order valence-corrected chi connectivity index (χ3v) is 5.50. The molecule has 3 aromatic rings. The fraction of sp³-hybridized carbons (Fsp3) is 0.238. The summed E-state index contributed by atoms with van der Waals surface area (Å²) in [6, 6.07) is 13.2. The number of carbonyl (C=O) groups excluding carboxylic acids is 3. The van der Waals surface area contributed by atoms with Crippen molar-refractivity contribution in [2.24, 2.45) is 4.99 Å². The van der Waals surface area contributed by atoms with E-state index in [0.717, 1.165) is 10.2 Å². The van der Waals surface area contributed by atoms with Crippen LogP contribution in [-0.2, 0) is 14.3 Å². The van der Waals surface area contributed by atoms with Crippen LogP contribution in [0.15, 0.2) is 53.5 Å². The van der Waals surface area contributed by atoms with Gasteiger partial charge < -0.3 is 14.0 Å². The van der Waals surface area contributed by atoms with Crippen LogP contribution in [0.3, 0.4) is 0 Å². The van der Waals surface area contributed by atoms with E-state index in [1.54, 1.807) is 16.7 Å². The van der Waals surface area contributed by atoms with Gasteiger partial charge in [-0.1, -0.05) is 42.5 Å². The Balaban J connectivity index is 2.21. The van der Waals surface area contributed by atoms with Gasteiger partial charge in [0.25, 0.3) is 5.91 Å². The Kier molecular flexibility index (Phi) is 6.23. The Morgan fingerprint density at radius 2 is 1.66 bits per heavy atom. The van der Waals surface area contributed by atoms with Crippen LogP contribution in [0.2, 0.25) is 0 Å². The average Bonchev–Trinajstić information content (AvgIpc) is 3.11. The predicted molar refractivity (Wildman–Crippen MR) is 109 cm³/mol. The number of methoxy groups -OCH3 is 2. The summed E-state index contributed by atoms with van der Waals surface area (Å²) >= 11 is 1.29. The fourth-order valence-corrected chi connectivity index (χ4v) is 4.13. The quantitative estimate of drug-likeness (QED) is 0.600. The Bertz CT molecular complexity index is 1150. The molecule has 0 bridgehead atoms. The molecule has 150 valence electrons. The van der Waals surface area contributed by atoms with E-state index < -0.39 is 23.9 Å². The van der Waals surface area contributed by atoms with Crippen molar-refractivity contribution >= 4 is 39.4 Å². The number of hydrogen-bond acceptors (Lipinski definition) is 6. The van der Waals surface area contributed by atoms with Crippen molar-refractivity contribution in [1.82, 2.24) is 4.57 Å². The van der Waals surface area contributed by atoms with Gasteiger partial charge in [-0.05, 0) is 30.7 Å². The van der Waals surface area contributed by atoms with Gasteiger partial charge in [0.05, 0.1) is 35.6 Å². The van der Waals surface area contributed by atoms with Crippen LogP contribution >= 0.6 is 11.3 Å². The number of aromatic nitrogens is 1. The average molecular weight is 412 g/mol. The van der Waals surface area contributed by atoms with E-state index >= 15 is 0 Å². The van der Waals surface area contributed by atoms with Crippen LogP contribution in [0, 0.1) is 0 Å². The molecule has 0 saturated heterocycles. The predicted octanol–water partition coefficient (Wildman–Crippen LogP) is 3.35. The van der Waals surface area contributed by atoms with Crippen molar-refractivity contribution < 1.29 is 23.9 Å². The second kappa shape index (κ2) is 8.83. The minimum atomic E-state index is -0.626. The minimum absolute atomic E-state index is 0.134. The van der Waals surface area contributed by atoms with Crippen LogP contribution in [-0.4, -0.2) is 36.6 Å². The van der Waals surface area contributed by atoms with E-state index in [4.69, 9.17) is 9.47 Å². The van der Waals surface area contributed by atoms with Gasteiger partial charge in [-0.25, -0.2) is 9.59 Å². The lowest BCUT2D eigenvalue weighted by Gasteiger charge is -2.15. The fourth-order valence-electron chi connectivity index (χ4n) is 3.07. The molecule has 0 aliphatic carbocycles. The molecule has 2 aromatic carbocycles. The zero-order valence-corrected chi connectivity index (χ0v) is 17.1. The third kappa shape index (κ3) is 3.97. The van der Waals surface area contributed by atoms with Crippen molar-refractivity contribution in [2.75, 3.05) is 14.2 Å². The molecule has 0 spiro atoms. The first-order valence-corrected chi connectivity index (χ1v) is 9.77. The number of nitrogens with zero attached hydrogens (tertiary/aromatic N) is 2. The lowest BCUT2D eigenvalue weighted by atomic mass is 10.1. The first kappa shape index (κ1) is 20.5. The van der Waals surface area contributed by atoms with E-state index in [9.17, 15) is 14.4 Å². The molecule has 0 fully saturated rings. The second-order valence-corrected chi connectivity index (χ2v) is 7.13. The van der Waals surface area contributed by atoms with Gasteiger partial charge in [0.1, 0.15) is 6.04 Å². The number of ether oxygens (including phenoxy) is 2. The molecule has 1 unspecified atom stereocenters. The molecule has 1 atom stereocenters. The van der Waals surface area contributed by atoms with E-state index in [1.165, 1.54) is 37.7 Å². The van der Waals surface area contributed by atoms with E-state index in [-0.39, 0.29) is 11.1 Å². The topological polar surface area (TPSA) is 87.0 Å². The maximum Gasteiger partial charge on any atom is 0.338 e. The molecular weight excluding hydrogens is 392 g/mol. The van der Waals surface area contributed by atoms with Gasteiger partial charge in [-0.3, -0.25) is 4.79 Å². The highest BCUT2D eigenvalue weighted by atomic mass is 32.1. The maximum atomic E-state index is 12.9. The molecule has 29 heavy (non-hydrogen) atoms. The highest BCUT2D eigenvalue weighted by Gasteiger charge is 2.24. The second-order valence-electron chi connectivity index (χ2n) is 6.12. The van der Waals surface area contributed by atoms with Crippen LogP contribution in [0.4, 0.5) is 0 Å². The maximum absolute atomic E-state index is 12.9. The summed E-state index contributed by atoms with van der Waals surface area (Å²) < 4.78 is 12.3. The molecule has 0 saturated carbocycles. The van der Waals surface area contributed by atoms with Crippen LogP contribution < -0.4 is 4.80 Å². The van der Waals surface area contributed by atoms with Gasteiger partial charge >= 0.3 is 11.9 Å².